The molecule has 1 rings (SSSR count). The first kappa shape index (κ1) is 15.9. The molecule has 1 aromatic carbocycles. The zero-order valence-electron chi connectivity index (χ0n) is 11.3. The Morgan fingerprint density at radius 1 is 1.11 bits per heavy atom. The van der Waals surface area contributed by atoms with Gasteiger partial charge in [-0.05, 0) is 51.5 Å². The second-order valence-electron chi connectivity index (χ2n) is 5.24. The van der Waals surface area contributed by atoms with Gasteiger partial charge in [-0.15, -0.1) is 0 Å². The first-order valence-corrected chi connectivity index (χ1v) is 8.53. The molecule has 0 aliphatic rings. The largest absolute Gasteiger partial charge is 0.283 e. The summed E-state index contributed by atoms with van der Waals surface area (Å²) < 4.78 is 47.8. The summed E-state index contributed by atoms with van der Waals surface area (Å²) in [5.74, 6) is 0. The van der Waals surface area contributed by atoms with Crippen molar-refractivity contribution in [2.45, 2.75) is 37.3 Å². The smallest absolute Gasteiger partial charge is 0.238 e. The van der Waals surface area contributed by atoms with Crippen LogP contribution in [-0.2, 0) is 20.0 Å². The minimum atomic E-state index is -3.79. The zero-order valence-corrected chi connectivity index (χ0v) is 12.9. The van der Waals surface area contributed by atoms with Crippen LogP contribution in [0.4, 0.5) is 5.69 Å². The Labute approximate surface area is 114 Å². The van der Waals surface area contributed by atoms with E-state index >= 15 is 0 Å². The van der Waals surface area contributed by atoms with E-state index in [-0.39, 0.29) is 4.90 Å². The molecule has 6 nitrogen and oxygen atoms in total. The SMILES string of the molecule is Cc1cc(S(N)(=O)=O)ccc1NS(=O)(=O)C(C)(C)C. The van der Waals surface area contributed by atoms with Gasteiger partial charge in [0.05, 0.1) is 15.3 Å². The van der Waals surface area contributed by atoms with Gasteiger partial charge in [0, 0.05) is 0 Å². The molecule has 0 bridgehead atoms. The van der Waals surface area contributed by atoms with Gasteiger partial charge in [0.1, 0.15) is 0 Å². The standard InChI is InChI=1S/C11H18N2O4S2/c1-8-7-9(18(12,14)15)5-6-10(8)13-19(16,17)11(2,3)4/h5-7,13H,1-4H3,(H2,12,14,15). The molecule has 0 amide bonds. The maximum atomic E-state index is 12.0. The number of aryl methyl sites for hydroxylation is 1. The predicted octanol–water partition coefficient (Wildman–Crippen LogP) is 1.18. The highest BCUT2D eigenvalue weighted by Crippen LogP contribution is 2.24. The Kier molecular flexibility index (Phi) is 4.00. The van der Waals surface area contributed by atoms with Crippen molar-refractivity contribution in [3.05, 3.63) is 23.8 Å². The quantitative estimate of drug-likeness (QED) is 0.874. The van der Waals surface area contributed by atoms with E-state index in [0.29, 0.717) is 11.3 Å². The molecular weight excluding hydrogens is 288 g/mol. The van der Waals surface area contributed by atoms with Crippen molar-refractivity contribution in [3.63, 3.8) is 0 Å². The minimum Gasteiger partial charge on any atom is -0.283 e. The molecule has 0 aliphatic heterocycles. The van der Waals surface area contributed by atoms with Crippen LogP contribution >= 0.6 is 0 Å². The number of hydrogen-bond donors (Lipinski definition) is 2. The van der Waals surface area contributed by atoms with Gasteiger partial charge >= 0.3 is 0 Å². The summed E-state index contributed by atoms with van der Waals surface area (Å²) in [7, 11) is -7.34. The average Bonchev–Trinajstić information content (AvgIpc) is 2.17. The molecule has 1 aromatic rings. The maximum absolute atomic E-state index is 12.0. The molecule has 8 heteroatoms. The third-order valence-corrected chi connectivity index (χ3v) is 5.59. The van der Waals surface area contributed by atoms with Crippen LogP contribution in [0.25, 0.3) is 0 Å². The first-order chi connectivity index (χ1) is 8.34. The molecule has 0 spiro atoms. The molecule has 0 saturated heterocycles. The van der Waals surface area contributed by atoms with E-state index in [1.165, 1.54) is 18.2 Å². The van der Waals surface area contributed by atoms with E-state index in [1.807, 2.05) is 0 Å². The van der Waals surface area contributed by atoms with E-state index < -0.39 is 24.8 Å². The fraction of sp³-hybridized carbons (Fsp3) is 0.455. The topological polar surface area (TPSA) is 106 Å². The Hall–Kier alpha value is -1.12. The highest BCUT2D eigenvalue weighted by Gasteiger charge is 2.29. The van der Waals surface area contributed by atoms with Crippen molar-refractivity contribution in [1.29, 1.82) is 0 Å². The predicted molar refractivity (Wildman–Crippen MR) is 74.8 cm³/mol. The van der Waals surface area contributed by atoms with Gasteiger partial charge in [0.2, 0.25) is 20.0 Å². The van der Waals surface area contributed by atoms with E-state index in [2.05, 4.69) is 4.72 Å². The molecule has 0 unspecified atom stereocenters. The summed E-state index contributed by atoms with van der Waals surface area (Å²) in [6, 6.07) is 3.98. The van der Waals surface area contributed by atoms with Gasteiger partial charge in [-0.2, -0.15) is 0 Å². The summed E-state index contributed by atoms with van der Waals surface area (Å²) >= 11 is 0. The van der Waals surface area contributed by atoms with Crippen molar-refractivity contribution in [2.75, 3.05) is 4.72 Å². The second kappa shape index (κ2) is 4.77. The molecule has 108 valence electrons. The van der Waals surface area contributed by atoms with E-state index in [4.69, 9.17) is 5.14 Å². The van der Waals surface area contributed by atoms with Gasteiger partial charge < -0.3 is 0 Å². The second-order valence-corrected chi connectivity index (χ2v) is 9.24. The molecule has 3 N–H and O–H groups in total. The number of primary sulfonamides is 1. The van der Waals surface area contributed by atoms with Crippen molar-refractivity contribution < 1.29 is 16.8 Å². The number of hydrogen-bond acceptors (Lipinski definition) is 4. The van der Waals surface area contributed by atoms with Crippen LogP contribution in [0.1, 0.15) is 26.3 Å². The Bertz CT molecular complexity index is 686. The molecule has 0 aromatic heterocycles. The Balaban J connectivity index is 3.20. The summed E-state index contributed by atoms with van der Waals surface area (Å²) in [6.07, 6.45) is 0. The third-order valence-electron chi connectivity index (χ3n) is 2.58. The minimum absolute atomic E-state index is 0.0521. The lowest BCUT2D eigenvalue weighted by Crippen LogP contribution is -2.33. The monoisotopic (exact) mass is 306 g/mol. The molecule has 19 heavy (non-hydrogen) atoms. The average molecular weight is 306 g/mol. The fourth-order valence-corrected chi connectivity index (χ4v) is 2.65. The van der Waals surface area contributed by atoms with Gasteiger partial charge in [-0.3, -0.25) is 4.72 Å². The Morgan fingerprint density at radius 3 is 2.00 bits per heavy atom. The fourth-order valence-electron chi connectivity index (χ4n) is 1.23. The lowest BCUT2D eigenvalue weighted by atomic mass is 10.2. The summed E-state index contributed by atoms with van der Waals surface area (Å²) in [5.41, 5.74) is 0.821. The van der Waals surface area contributed by atoms with Gasteiger partial charge in [0.25, 0.3) is 0 Å². The van der Waals surface area contributed by atoms with Crippen molar-refractivity contribution in [1.82, 2.24) is 0 Å². The van der Waals surface area contributed by atoms with Crippen LogP contribution in [-0.4, -0.2) is 21.6 Å². The molecule has 0 radical (unpaired) electrons. The number of nitrogens with two attached hydrogens (primary N) is 1. The van der Waals surface area contributed by atoms with Crippen molar-refractivity contribution in [3.8, 4) is 0 Å². The third kappa shape index (κ3) is 3.68. The highest BCUT2D eigenvalue weighted by atomic mass is 32.2. The molecule has 0 heterocycles. The van der Waals surface area contributed by atoms with Crippen LogP contribution in [0.15, 0.2) is 23.1 Å². The summed E-state index contributed by atoms with van der Waals surface area (Å²) in [6.45, 7) is 6.32. The molecule has 0 aliphatic carbocycles. The normalized spacial score (nSPS) is 13.3. The molecule has 0 saturated carbocycles. The lowest BCUT2D eigenvalue weighted by molar-refractivity contribution is 0.566. The lowest BCUT2D eigenvalue weighted by Gasteiger charge is -2.21. The van der Waals surface area contributed by atoms with E-state index in [0.717, 1.165) is 0 Å². The number of anilines is 1. The van der Waals surface area contributed by atoms with Gasteiger partial charge in [0.15, 0.2) is 0 Å². The van der Waals surface area contributed by atoms with Crippen LogP contribution in [0.5, 0.6) is 0 Å². The number of sulfonamides is 2. The zero-order chi connectivity index (χ0) is 15.1. The van der Waals surface area contributed by atoms with Crippen LogP contribution in [0.2, 0.25) is 0 Å². The number of nitrogens with one attached hydrogen (secondary N) is 1. The molecule has 0 fully saturated rings. The highest BCUT2D eigenvalue weighted by molar-refractivity contribution is 7.94. The van der Waals surface area contributed by atoms with Crippen LogP contribution < -0.4 is 9.86 Å². The van der Waals surface area contributed by atoms with E-state index in [9.17, 15) is 16.8 Å². The molecule has 0 atom stereocenters. The number of benzene rings is 1. The van der Waals surface area contributed by atoms with Gasteiger partial charge in [-0.1, -0.05) is 0 Å². The van der Waals surface area contributed by atoms with Gasteiger partial charge in [-0.25, -0.2) is 22.0 Å². The maximum Gasteiger partial charge on any atom is 0.238 e. The van der Waals surface area contributed by atoms with Crippen molar-refractivity contribution >= 4 is 25.7 Å². The first-order valence-electron chi connectivity index (χ1n) is 5.50. The van der Waals surface area contributed by atoms with E-state index in [1.54, 1.807) is 27.7 Å². The van der Waals surface area contributed by atoms with Crippen LogP contribution in [0, 0.1) is 6.92 Å². The summed E-state index contributed by atoms with van der Waals surface area (Å²) in [5, 5.41) is 5.01. The van der Waals surface area contributed by atoms with Crippen LogP contribution in [0.3, 0.4) is 0 Å². The Morgan fingerprint density at radius 2 is 1.63 bits per heavy atom. The summed E-state index contributed by atoms with van der Waals surface area (Å²) in [4.78, 5) is -0.0521. The number of rotatable bonds is 3. The molecular formula is C11H18N2O4S2. The van der Waals surface area contributed by atoms with Crippen molar-refractivity contribution in [2.24, 2.45) is 5.14 Å².